The number of amides is 4. The van der Waals surface area contributed by atoms with E-state index < -0.39 is 0 Å². The van der Waals surface area contributed by atoms with Gasteiger partial charge in [-0.25, -0.2) is 4.79 Å². The molecule has 1 aromatic carbocycles. The van der Waals surface area contributed by atoms with E-state index in [9.17, 15) is 14.4 Å². The molecule has 28 heavy (non-hydrogen) atoms. The van der Waals surface area contributed by atoms with Crippen molar-refractivity contribution in [3.8, 4) is 11.5 Å². The van der Waals surface area contributed by atoms with Crippen LogP contribution in [0.5, 0.6) is 11.5 Å². The molecule has 3 rings (SSSR count). The van der Waals surface area contributed by atoms with Crippen molar-refractivity contribution in [3.63, 3.8) is 0 Å². The molecule has 0 radical (unpaired) electrons. The fraction of sp³-hybridized carbons (Fsp3) is 0.526. The van der Waals surface area contributed by atoms with E-state index in [4.69, 9.17) is 9.47 Å². The topological polar surface area (TPSA) is 82.6 Å². The van der Waals surface area contributed by atoms with Crippen LogP contribution in [0.3, 0.4) is 0 Å². The predicted molar refractivity (Wildman–Crippen MR) is 103 cm³/mol. The maximum absolute atomic E-state index is 12.8. The van der Waals surface area contributed by atoms with Crippen molar-refractivity contribution < 1.29 is 23.9 Å². The number of carbonyl (C=O) groups is 3. The van der Waals surface area contributed by atoms with Crippen LogP contribution in [-0.4, -0.2) is 92.6 Å². The molecule has 1 aromatic rings. The first-order valence-corrected chi connectivity index (χ1v) is 9.26. The molecule has 4 amide bonds. The minimum Gasteiger partial charge on any atom is -0.493 e. The molecule has 0 N–H and O–H groups in total. The fourth-order valence-electron chi connectivity index (χ4n) is 3.50. The number of ether oxygens (including phenoxy) is 2. The summed E-state index contributed by atoms with van der Waals surface area (Å²) in [5.41, 5.74) is 0.702. The summed E-state index contributed by atoms with van der Waals surface area (Å²) in [6.07, 6.45) is 0. The van der Waals surface area contributed by atoms with Crippen LogP contribution in [0.15, 0.2) is 18.2 Å². The summed E-state index contributed by atoms with van der Waals surface area (Å²) >= 11 is 0. The van der Waals surface area contributed by atoms with E-state index in [0.29, 0.717) is 56.5 Å². The lowest BCUT2D eigenvalue weighted by Gasteiger charge is -2.34. The zero-order chi connectivity index (χ0) is 20.3. The Morgan fingerprint density at radius 1 is 0.929 bits per heavy atom. The van der Waals surface area contributed by atoms with Crippen molar-refractivity contribution in [1.29, 1.82) is 0 Å². The van der Waals surface area contributed by atoms with Gasteiger partial charge in [0, 0.05) is 57.9 Å². The number of urea groups is 1. The van der Waals surface area contributed by atoms with Crippen molar-refractivity contribution in [2.24, 2.45) is 0 Å². The number of methoxy groups -OCH3 is 2. The van der Waals surface area contributed by atoms with E-state index in [1.165, 1.54) is 6.92 Å². The molecule has 2 fully saturated rings. The Hall–Kier alpha value is -2.97. The maximum atomic E-state index is 12.8. The minimum atomic E-state index is -0.206. The second-order valence-corrected chi connectivity index (χ2v) is 6.78. The molecular weight excluding hydrogens is 364 g/mol. The third-order valence-electron chi connectivity index (χ3n) is 5.18. The van der Waals surface area contributed by atoms with Crippen LogP contribution >= 0.6 is 0 Å². The van der Waals surface area contributed by atoms with Crippen molar-refractivity contribution in [1.82, 2.24) is 14.7 Å². The van der Waals surface area contributed by atoms with E-state index in [-0.39, 0.29) is 24.4 Å². The highest BCUT2D eigenvalue weighted by Crippen LogP contribution is 2.32. The van der Waals surface area contributed by atoms with Gasteiger partial charge in [0.25, 0.3) is 0 Å². The molecule has 9 heteroatoms. The summed E-state index contributed by atoms with van der Waals surface area (Å²) in [7, 11) is 3.10. The second-order valence-electron chi connectivity index (χ2n) is 6.78. The van der Waals surface area contributed by atoms with Gasteiger partial charge >= 0.3 is 6.03 Å². The highest BCUT2D eigenvalue weighted by atomic mass is 16.5. The number of piperazine rings is 1. The Bertz CT molecular complexity index is 761. The number of nitrogens with zero attached hydrogens (tertiary/aromatic N) is 4. The predicted octanol–water partition coefficient (Wildman–Crippen LogP) is 0.637. The quantitative estimate of drug-likeness (QED) is 0.737. The standard InChI is InChI=1S/C19H26N4O5/c1-14(24)20-6-8-21(9-7-20)18(25)13-22-10-11-23(19(22)26)15-4-5-16(27-2)17(12-15)28-3/h4-5,12H,6-11,13H2,1-3H3. The number of carbonyl (C=O) groups excluding carboxylic acids is 3. The molecule has 0 spiro atoms. The number of anilines is 1. The van der Waals surface area contributed by atoms with Gasteiger partial charge in [0.05, 0.1) is 14.2 Å². The van der Waals surface area contributed by atoms with E-state index in [2.05, 4.69) is 0 Å². The molecule has 0 bridgehead atoms. The summed E-state index contributed by atoms with van der Waals surface area (Å²) in [4.78, 5) is 43.4. The van der Waals surface area contributed by atoms with Crippen LogP contribution < -0.4 is 14.4 Å². The molecule has 0 aliphatic carbocycles. The second kappa shape index (κ2) is 8.37. The largest absolute Gasteiger partial charge is 0.493 e. The van der Waals surface area contributed by atoms with Crippen molar-refractivity contribution >= 4 is 23.5 Å². The Morgan fingerprint density at radius 3 is 2.18 bits per heavy atom. The normalized spacial score (nSPS) is 17.2. The summed E-state index contributed by atoms with van der Waals surface area (Å²) in [6.45, 7) is 4.62. The molecule has 0 aromatic heterocycles. The highest BCUT2D eigenvalue weighted by Gasteiger charge is 2.33. The number of hydrogen-bond acceptors (Lipinski definition) is 5. The van der Waals surface area contributed by atoms with Crippen molar-refractivity contribution in [2.75, 3.05) is 64.9 Å². The van der Waals surface area contributed by atoms with Gasteiger partial charge in [0.2, 0.25) is 11.8 Å². The lowest BCUT2D eigenvalue weighted by atomic mass is 10.2. The summed E-state index contributed by atoms with van der Waals surface area (Å²) in [5, 5.41) is 0. The van der Waals surface area contributed by atoms with Crippen LogP contribution in [0.25, 0.3) is 0 Å². The first kappa shape index (κ1) is 19.8. The third kappa shape index (κ3) is 3.97. The van der Waals surface area contributed by atoms with Crippen LogP contribution in [0.2, 0.25) is 0 Å². The van der Waals surface area contributed by atoms with E-state index >= 15 is 0 Å². The maximum Gasteiger partial charge on any atom is 0.325 e. The average Bonchev–Trinajstić information content (AvgIpc) is 3.07. The first-order valence-electron chi connectivity index (χ1n) is 9.26. The van der Waals surface area contributed by atoms with Gasteiger partial charge in [0.1, 0.15) is 6.54 Å². The molecule has 0 atom stereocenters. The smallest absolute Gasteiger partial charge is 0.325 e. The van der Waals surface area contributed by atoms with Gasteiger partial charge in [-0.15, -0.1) is 0 Å². The number of hydrogen-bond donors (Lipinski definition) is 0. The summed E-state index contributed by atoms with van der Waals surface area (Å²) in [5.74, 6) is 1.07. The Labute approximate surface area is 164 Å². The minimum absolute atomic E-state index is 0.0207. The van der Waals surface area contributed by atoms with Crippen LogP contribution in [-0.2, 0) is 9.59 Å². The molecular formula is C19H26N4O5. The molecule has 0 saturated carbocycles. The van der Waals surface area contributed by atoms with Gasteiger partial charge in [0.15, 0.2) is 11.5 Å². The van der Waals surface area contributed by atoms with Gasteiger partial charge < -0.3 is 24.2 Å². The lowest BCUT2D eigenvalue weighted by molar-refractivity contribution is -0.138. The van der Waals surface area contributed by atoms with E-state index in [1.807, 2.05) is 0 Å². The fourth-order valence-corrected chi connectivity index (χ4v) is 3.50. The number of rotatable bonds is 5. The SMILES string of the molecule is COc1ccc(N2CCN(CC(=O)N3CCN(C(C)=O)CC3)C2=O)cc1OC. The molecule has 2 aliphatic heterocycles. The molecule has 2 aliphatic rings. The molecule has 152 valence electrons. The number of benzene rings is 1. The Kier molecular flexibility index (Phi) is 5.91. The van der Waals surface area contributed by atoms with Gasteiger partial charge in [-0.2, -0.15) is 0 Å². The summed E-state index contributed by atoms with van der Waals surface area (Å²) in [6, 6.07) is 5.10. The zero-order valence-corrected chi connectivity index (χ0v) is 16.5. The monoisotopic (exact) mass is 390 g/mol. The van der Waals surface area contributed by atoms with Crippen LogP contribution in [0.1, 0.15) is 6.92 Å². The first-order chi connectivity index (χ1) is 13.4. The Balaban J connectivity index is 1.60. The third-order valence-corrected chi connectivity index (χ3v) is 5.18. The van der Waals surface area contributed by atoms with Crippen molar-refractivity contribution in [2.45, 2.75) is 6.92 Å². The van der Waals surface area contributed by atoms with E-state index in [0.717, 1.165) is 0 Å². The Morgan fingerprint density at radius 2 is 1.57 bits per heavy atom. The van der Waals surface area contributed by atoms with Crippen LogP contribution in [0.4, 0.5) is 10.5 Å². The highest BCUT2D eigenvalue weighted by molar-refractivity contribution is 5.96. The van der Waals surface area contributed by atoms with Gasteiger partial charge in [-0.05, 0) is 12.1 Å². The summed E-state index contributed by atoms with van der Waals surface area (Å²) < 4.78 is 10.5. The molecule has 2 saturated heterocycles. The average molecular weight is 390 g/mol. The van der Waals surface area contributed by atoms with Gasteiger partial charge in [-0.1, -0.05) is 0 Å². The van der Waals surface area contributed by atoms with Crippen LogP contribution in [0, 0.1) is 0 Å². The van der Waals surface area contributed by atoms with Gasteiger partial charge in [-0.3, -0.25) is 14.5 Å². The lowest BCUT2D eigenvalue weighted by Crippen LogP contribution is -2.52. The van der Waals surface area contributed by atoms with E-state index in [1.54, 1.807) is 52.0 Å². The zero-order valence-electron chi connectivity index (χ0n) is 16.5. The molecule has 0 unspecified atom stereocenters. The molecule has 2 heterocycles. The van der Waals surface area contributed by atoms with Crippen molar-refractivity contribution in [3.05, 3.63) is 18.2 Å². The molecule has 9 nitrogen and oxygen atoms in total.